The van der Waals surface area contributed by atoms with Crippen molar-refractivity contribution in [3.63, 3.8) is 0 Å². The van der Waals surface area contributed by atoms with Crippen LogP contribution in [0, 0.1) is 0 Å². The van der Waals surface area contributed by atoms with Gasteiger partial charge in [0, 0.05) is 24.3 Å². The number of aryl methyl sites for hydroxylation is 4. The van der Waals surface area contributed by atoms with E-state index in [9.17, 15) is 0 Å². The van der Waals surface area contributed by atoms with Crippen molar-refractivity contribution >= 4 is 0 Å². The summed E-state index contributed by atoms with van der Waals surface area (Å²) in [5, 5.41) is 0. The predicted octanol–water partition coefficient (Wildman–Crippen LogP) is -0.970. The van der Waals surface area contributed by atoms with E-state index in [4.69, 9.17) is 0 Å². The number of unbranched alkanes of at least 4 members (excludes halogenated alkanes) is 9. The first-order valence-electron chi connectivity index (χ1n) is 10.6. The van der Waals surface area contributed by atoms with Gasteiger partial charge in [-0.25, -0.2) is 9.13 Å². The molecule has 28 heavy (non-hydrogen) atoms. The smallest absolute Gasteiger partial charge is 0.168 e. The quantitative estimate of drug-likeness (QED) is 0.157. The molecule has 158 valence electrons. The lowest BCUT2D eigenvalue weighted by atomic mass is 10.0. The summed E-state index contributed by atoms with van der Waals surface area (Å²) >= 11 is 0. The lowest BCUT2D eigenvalue weighted by molar-refractivity contribution is -0.671. The van der Waals surface area contributed by atoms with Gasteiger partial charge in [-0.2, -0.15) is 0 Å². The van der Waals surface area contributed by atoms with Crippen molar-refractivity contribution in [1.82, 2.24) is 0 Å². The first kappa shape index (κ1) is 27.8. The molecule has 2 heterocycles. The number of rotatable bonds is 13. The highest BCUT2D eigenvalue weighted by Gasteiger charge is 1.98. The Morgan fingerprint density at radius 1 is 0.464 bits per heavy atom. The summed E-state index contributed by atoms with van der Waals surface area (Å²) in [5.41, 5.74) is 2.96. The molecule has 0 unspecified atom stereocenters. The van der Waals surface area contributed by atoms with E-state index in [1.165, 1.54) is 88.2 Å². The highest BCUT2D eigenvalue weighted by atomic mass is 127. The number of halogens is 2. The number of aromatic nitrogens is 2. The van der Waals surface area contributed by atoms with Crippen molar-refractivity contribution in [2.75, 3.05) is 0 Å². The number of hydrogen-bond donors (Lipinski definition) is 0. The average molecular weight is 608 g/mol. The monoisotopic (exact) mass is 608 g/mol. The average Bonchev–Trinajstić information content (AvgIpc) is 2.65. The molecule has 0 amide bonds. The van der Waals surface area contributed by atoms with Gasteiger partial charge in [0.1, 0.15) is 14.1 Å². The Bertz CT molecular complexity index is 542. The van der Waals surface area contributed by atoms with Gasteiger partial charge in [-0.05, 0) is 36.8 Å². The zero-order chi connectivity index (χ0) is 18.5. The molecular weight excluding hydrogens is 570 g/mol. The number of hydrogen-bond acceptors (Lipinski definition) is 0. The third kappa shape index (κ3) is 13.1. The standard InChI is InChI=1S/C24H38N2.2HI/c1-25-19-15-23(16-20-25)13-11-9-7-5-3-4-6-8-10-12-14-24-17-21-26(2)22-18-24;;/h15-22H,3-14H2,1-2H3;2*1H/q+2;;/p-2. The molecule has 2 aromatic rings. The summed E-state index contributed by atoms with van der Waals surface area (Å²) in [6, 6.07) is 8.99. The number of pyridine rings is 2. The van der Waals surface area contributed by atoms with Crippen molar-refractivity contribution < 1.29 is 57.1 Å². The Hall–Kier alpha value is -0.240. The van der Waals surface area contributed by atoms with Crippen molar-refractivity contribution in [2.24, 2.45) is 14.1 Å². The maximum Gasteiger partial charge on any atom is 0.168 e. The van der Waals surface area contributed by atoms with Gasteiger partial charge in [0.15, 0.2) is 24.8 Å². The lowest BCUT2D eigenvalue weighted by Gasteiger charge is -2.03. The molecule has 2 rings (SSSR count). The fourth-order valence-electron chi connectivity index (χ4n) is 3.47. The third-order valence-electron chi connectivity index (χ3n) is 5.28. The Kier molecular flexibility index (Phi) is 17.5. The van der Waals surface area contributed by atoms with E-state index in [0.717, 1.165) is 0 Å². The van der Waals surface area contributed by atoms with Gasteiger partial charge in [0.05, 0.1) is 0 Å². The predicted molar refractivity (Wildman–Crippen MR) is 109 cm³/mol. The third-order valence-corrected chi connectivity index (χ3v) is 5.28. The minimum absolute atomic E-state index is 0. The van der Waals surface area contributed by atoms with Gasteiger partial charge in [0.2, 0.25) is 0 Å². The van der Waals surface area contributed by atoms with E-state index in [0.29, 0.717) is 0 Å². The SMILES string of the molecule is C[n+]1ccc(CCCCCCCCCCCCc2cc[n+](C)cc2)cc1.[I-].[I-]. The van der Waals surface area contributed by atoms with Crippen LogP contribution in [0.2, 0.25) is 0 Å². The lowest BCUT2D eigenvalue weighted by Crippen LogP contribution is -3.00. The summed E-state index contributed by atoms with van der Waals surface area (Å²) in [6.07, 6.45) is 25.0. The van der Waals surface area contributed by atoms with Crippen molar-refractivity contribution in [1.29, 1.82) is 0 Å². The minimum atomic E-state index is 0. The van der Waals surface area contributed by atoms with Crippen molar-refractivity contribution in [3.8, 4) is 0 Å². The summed E-state index contributed by atoms with van der Waals surface area (Å²) in [5.74, 6) is 0. The molecule has 0 aliphatic carbocycles. The van der Waals surface area contributed by atoms with Gasteiger partial charge < -0.3 is 48.0 Å². The molecule has 0 fully saturated rings. The van der Waals surface area contributed by atoms with Gasteiger partial charge in [-0.15, -0.1) is 0 Å². The van der Waals surface area contributed by atoms with E-state index in [1.54, 1.807) is 0 Å². The number of nitrogens with zero attached hydrogens (tertiary/aromatic N) is 2. The molecule has 0 saturated heterocycles. The van der Waals surface area contributed by atoms with Crippen LogP contribution in [0.4, 0.5) is 0 Å². The van der Waals surface area contributed by atoms with Crippen LogP contribution in [0.25, 0.3) is 0 Å². The molecule has 0 aliphatic rings. The molecule has 0 bridgehead atoms. The molecule has 0 N–H and O–H groups in total. The summed E-state index contributed by atoms with van der Waals surface area (Å²) in [6.45, 7) is 0. The summed E-state index contributed by atoms with van der Waals surface area (Å²) in [7, 11) is 4.15. The minimum Gasteiger partial charge on any atom is -1.00 e. The molecule has 0 spiro atoms. The molecule has 0 radical (unpaired) electrons. The van der Waals surface area contributed by atoms with Crippen LogP contribution in [0.5, 0.6) is 0 Å². The normalized spacial score (nSPS) is 10.2. The maximum atomic E-state index is 2.25. The fraction of sp³-hybridized carbons (Fsp3) is 0.583. The van der Waals surface area contributed by atoms with Gasteiger partial charge >= 0.3 is 0 Å². The molecular formula is C24H38I2N2. The second-order valence-electron chi connectivity index (χ2n) is 7.78. The van der Waals surface area contributed by atoms with Gasteiger partial charge in [-0.1, -0.05) is 51.4 Å². The van der Waals surface area contributed by atoms with Crippen molar-refractivity contribution in [2.45, 2.75) is 77.0 Å². The van der Waals surface area contributed by atoms with Crippen LogP contribution in [0.1, 0.15) is 75.3 Å². The van der Waals surface area contributed by atoms with E-state index in [1.807, 2.05) is 0 Å². The molecule has 2 aromatic heterocycles. The van der Waals surface area contributed by atoms with Gasteiger partial charge in [0.25, 0.3) is 0 Å². The molecule has 0 aliphatic heterocycles. The molecule has 2 nitrogen and oxygen atoms in total. The van der Waals surface area contributed by atoms with Crippen LogP contribution in [0.15, 0.2) is 49.1 Å². The second-order valence-corrected chi connectivity index (χ2v) is 7.78. The Morgan fingerprint density at radius 3 is 1.00 bits per heavy atom. The molecule has 0 saturated carbocycles. The zero-order valence-corrected chi connectivity index (χ0v) is 22.1. The summed E-state index contributed by atoms with van der Waals surface area (Å²) < 4.78 is 4.20. The second kappa shape index (κ2) is 17.6. The molecule has 0 aromatic carbocycles. The molecule has 4 heteroatoms. The fourth-order valence-corrected chi connectivity index (χ4v) is 3.47. The highest BCUT2D eigenvalue weighted by Crippen LogP contribution is 2.13. The van der Waals surface area contributed by atoms with Gasteiger partial charge in [-0.3, -0.25) is 0 Å². The Labute approximate surface area is 207 Å². The first-order valence-corrected chi connectivity index (χ1v) is 10.6. The van der Waals surface area contributed by atoms with Crippen molar-refractivity contribution in [3.05, 3.63) is 60.2 Å². The van der Waals surface area contributed by atoms with E-state index >= 15 is 0 Å². The van der Waals surface area contributed by atoms with Crippen LogP contribution >= 0.6 is 0 Å². The topological polar surface area (TPSA) is 7.76 Å². The maximum absolute atomic E-state index is 2.25. The first-order chi connectivity index (χ1) is 12.7. The molecule has 0 atom stereocenters. The van der Waals surface area contributed by atoms with Crippen LogP contribution in [0.3, 0.4) is 0 Å². The Morgan fingerprint density at radius 2 is 0.714 bits per heavy atom. The zero-order valence-electron chi connectivity index (χ0n) is 17.8. The summed E-state index contributed by atoms with van der Waals surface area (Å²) in [4.78, 5) is 0. The van der Waals surface area contributed by atoms with E-state index in [-0.39, 0.29) is 48.0 Å². The Balaban J connectivity index is 0.00000364. The largest absolute Gasteiger partial charge is 1.00 e. The van der Waals surface area contributed by atoms with E-state index in [2.05, 4.69) is 72.3 Å². The van der Waals surface area contributed by atoms with E-state index < -0.39 is 0 Å². The highest BCUT2D eigenvalue weighted by molar-refractivity contribution is 5.07. The van der Waals surface area contributed by atoms with Crippen LogP contribution in [-0.4, -0.2) is 0 Å². The van der Waals surface area contributed by atoms with Crippen LogP contribution in [-0.2, 0) is 26.9 Å². The van der Waals surface area contributed by atoms with Crippen LogP contribution < -0.4 is 57.1 Å².